The Hall–Kier alpha value is -1.62. The second-order valence-electron chi connectivity index (χ2n) is 15.1. The molecule has 0 aromatic carbocycles. The zero-order valence-corrected chi connectivity index (χ0v) is 34.1. The lowest BCUT2D eigenvalue weighted by Gasteiger charge is -2.15. The Morgan fingerprint density at radius 1 is 0.431 bits per heavy atom. The van der Waals surface area contributed by atoms with Gasteiger partial charge in [-0.1, -0.05) is 192 Å². The molecule has 0 fully saturated rings. The van der Waals surface area contributed by atoms with E-state index in [1.165, 1.54) is 161 Å². The lowest BCUT2D eigenvalue weighted by Crippen LogP contribution is -2.28. The number of aliphatic hydroxyl groups is 1. The first kappa shape index (κ1) is 49.4. The van der Waals surface area contributed by atoms with Crippen LogP contribution in [-0.4, -0.2) is 36.4 Å². The maximum atomic E-state index is 12.2. The highest BCUT2D eigenvalue weighted by atomic mass is 16.6. The summed E-state index contributed by atoms with van der Waals surface area (Å²) >= 11 is 0. The summed E-state index contributed by atoms with van der Waals surface area (Å²) in [6.45, 7) is 4.08. The summed E-state index contributed by atoms with van der Waals surface area (Å²) in [7, 11) is 0. The molecule has 0 amide bonds. The SMILES string of the molecule is CCC/C=C\CCCCCCCC(=O)OCC(CO)OC(=O)CCCCCCCCCCCCCCCCC/C=C\CCCCCCCCCC. The highest BCUT2D eigenvalue weighted by Gasteiger charge is 2.16. The summed E-state index contributed by atoms with van der Waals surface area (Å²) in [4.78, 5) is 24.2. The van der Waals surface area contributed by atoms with Crippen molar-refractivity contribution in [3.8, 4) is 0 Å². The number of hydrogen-bond acceptors (Lipinski definition) is 5. The maximum Gasteiger partial charge on any atom is 0.306 e. The van der Waals surface area contributed by atoms with E-state index in [2.05, 4.69) is 38.2 Å². The van der Waals surface area contributed by atoms with E-state index in [0.717, 1.165) is 51.4 Å². The van der Waals surface area contributed by atoms with Crippen LogP contribution in [0.3, 0.4) is 0 Å². The molecule has 0 aliphatic rings. The monoisotopic (exact) mass is 719 g/mol. The van der Waals surface area contributed by atoms with Crippen LogP contribution >= 0.6 is 0 Å². The molecular formula is C46H86O5. The molecule has 0 heterocycles. The van der Waals surface area contributed by atoms with Crippen molar-refractivity contribution in [1.29, 1.82) is 0 Å². The fourth-order valence-electron chi connectivity index (χ4n) is 6.55. The third-order valence-corrected chi connectivity index (χ3v) is 9.95. The number of unbranched alkanes of at least 4 members (excludes halogenated alkanes) is 29. The van der Waals surface area contributed by atoms with Crippen molar-refractivity contribution < 1.29 is 24.2 Å². The lowest BCUT2D eigenvalue weighted by atomic mass is 10.0. The summed E-state index contributed by atoms with van der Waals surface area (Å²) < 4.78 is 10.6. The fraction of sp³-hybridized carbons (Fsp3) is 0.870. The Balaban J connectivity index is 3.43. The third-order valence-electron chi connectivity index (χ3n) is 9.95. The van der Waals surface area contributed by atoms with Crippen LogP contribution in [0, 0.1) is 0 Å². The second kappa shape index (κ2) is 42.8. The van der Waals surface area contributed by atoms with Crippen molar-refractivity contribution in [2.24, 2.45) is 0 Å². The number of hydrogen-bond donors (Lipinski definition) is 1. The van der Waals surface area contributed by atoms with Crippen molar-refractivity contribution in [2.75, 3.05) is 13.2 Å². The number of aliphatic hydroxyl groups excluding tert-OH is 1. The van der Waals surface area contributed by atoms with Crippen LogP contribution in [0.5, 0.6) is 0 Å². The van der Waals surface area contributed by atoms with Gasteiger partial charge in [-0.2, -0.15) is 0 Å². The summed E-state index contributed by atoms with van der Waals surface area (Å²) in [5.41, 5.74) is 0. The molecule has 0 spiro atoms. The standard InChI is InChI=1S/C46H86O5/c1-3-5-7-9-11-13-15-16-17-18-19-20-21-22-23-24-25-26-27-28-29-30-31-33-35-37-39-41-46(49)51-44(42-47)43-50-45(48)40-38-36-34-32-14-12-10-8-6-4-2/h8,10,18-19,44,47H,3-7,9,11-17,20-43H2,1-2H3/b10-8-,19-18-. The molecule has 0 radical (unpaired) electrons. The Morgan fingerprint density at radius 3 is 1.14 bits per heavy atom. The quantitative estimate of drug-likeness (QED) is 0.0387. The highest BCUT2D eigenvalue weighted by Crippen LogP contribution is 2.15. The molecule has 0 aromatic rings. The van der Waals surface area contributed by atoms with Crippen LogP contribution in [0.4, 0.5) is 0 Å². The normalized spacial score (nSPS) is 12.3. The van der Waals surface area contributed by atoms with Gasteiger partial charge in [0.15, 0.2) is 6.10 Å². The largest absolute Gasteiger partial charge is 0.462 e. The Labute approximate surface area is 317 Å². The summed E-state index contributed by atoms with van der Waals surface area (Å²) in [6.07, 6.45) is 51.3. The third kappa shape index (κ3) is 41.0. The molecule has 5 heteroatoms. The van der Waals surface area contributed by atoms with E-state index in [9.17, 15) is 14.7 Å². The topological polar surface area (TPSA) is 72.8 Å². The lowest BCUT2D eigenvalue weighted by molar-refractivity contribution is -0.161. The molecule has 1 atom stereocenters. The predicted octanol–water partition coefficient (Wildman–Crippen LogP) is 14.2. The van der Waals surface area contributed by atoms with E-state index in [0.29, 0.717) is 12.8 Å². The van der Waals surface area contributed by atoms with Crippen molar-refractivity contribution in [3.63, 3.8) is 0 Å². The molecule has 0 aliphatic heterocycles. The minimum absolute atomic E-state index is 0.0668. The predicted molar refractivity (Wildman–Crippen MR) is 219 cm³/mol. The zero-order valence-electron chi connectivity index (χ0n) is 34.1. The fourth-order valence-corrected chi connectivity index (χ4v) is 6.55. The molecule has 0 saturated heterocycles. The molecule has 0 bridgehead atoms. The summed E-state index contributed by atoms with van der Waals surface area (Å²) in [5, 5.41) is 9.55. The number of rotatable bonds is 41. The van der Waals surface area contributed by atoms with Crippen LogP contribution in [0.25, 0.3) is 0 Å². The smallest absolute Gasteiger partial charge is 0.306 e. The van der Waals surface area contributed by atoms with Crippen LogP contribution in [-0.2, 0) is 19.1 Å². The van der Waals surface area contributed by atoms with Crippen LogP contribution < -0.4 is 0 Å². The van der Waals surface area contributed by atoms with E-state index in [4.69, 9.17) is 9.47 Å². The molecule has 0 saturated carbocycles. The zero-order chi connectivity index (χ0) is 37.1. The molecule has 1 N–H and O–H groups in total. The number of carbonyl (C=O) groups excluding carboxylic acids is 2. The molecule has 5 nitrogen and oxygen atoms in total. The van der Waals surface area contributed by atoms with Crippen molar-refractivity contribution >= 4 is 11.9 Å². The average Bonchev–Trinajstić information content (AvgIpc) is 3.13. The van der Waals surface area contributed by atoms with E-state index in [1.54, 1.807) is 0 Å². The maximum absolute atomic E-state index is 12.2. The average molecular weight is 719 g/mol. The van der Waals surface area contributed by atoms with Crippen LogP contribution in [0.1, 0.15) is 239 Å². The molecule has 0 aromatic heterocycles. The molecular weight excluding hydrogens is 633 g/mol. The highest BCUT2D eigenvalue weighted by molar-refractivity contribution is 5.70. The van der Waals surface area contributed by atoms with E-state index >= 15 is 0 Å². The summed E-state index contributed by atoms with van der Waals surface area (Å²) in [5.74, 6) is -0.595. The molecule has 0 rings (SSSR count). The van der Waals surface area contributed by atoms with Crippen molar-refractivity contribution in [3.05, 3.63) is 24.3 Å². The minimum Gasteiger partial charge on any atom is -0.462 e. The van der Waals surface area contributed by atoms with Crippen molar-refractivity contribution in [1.82, 2.24) is 0 Å². The van der Waals surface area contributed by atoms with Gasteiger partial charge in [-0.3, -0.25) is 9.59 Å². The van der Waals surface area contributed by atoms with E-state index in [1.807, 2.05) is 0 Å². The van der Waals surface area contributed by atoms with Gasteiger partial charge in [0.1, 0.15) is 6.61 Å². The van der Waals surface area contributed by atoms with Gasteiger partial charge in [-0.05, 0) is 57.8 Å². The first-order chi connectivity index (χ1) is 25.1. The van der Waals surface area contributed by atoms with Crippen molar-refractivity contribution in [2.45, 2.75) is 245 Å². The Bertz CT molecular complexity index is 776. The number of carbonyl (C=O) groups is 2. The van der Waals surface area contributed by atoms with Gasteiger partial charge in [0, 0.05) is 12.8 Å². The van der Waals surface area contributed by atoms with Crippen LogP contribution in [0.15, 0.2) is 24.3 Å². The number of esters is 2. The minimum atomic E-state index is -0.770. The summed E-state index contributed by atoms with van der Waals surface area (Å²) in [6, 6.07) is 0. The Kier molecular flexibility index (Phi) is 41.4. The second-order valence-corrected chi connectivity index (χ2v) is 15.1. The van der Waals surface area contributed by atoms with Gasteiger partial charge in [0.25, 0.3) is 0 Å². The molecule has 1 unspecified atom stereocenters. The van der Waals surface area contributed by atoms with E-state index < -0.39 is 6.10 Å². The molecule has 51 heavy (non-hydrogen) atoms. The van der Waals surface area contributed by atoms with Gasteiger partial charge in [-0.15, -0.1) is 0 Å². The molecule has 0 aliphatic carbocycles. The van der Waals surface area contributed by atoms with Gasteiger partial charge >= 0.3 is 11.9 Å². The first-order valence-corrected chi connectivity index (χ1v) is 22.4. The molecule has 300 valence electrons. The van der Waals surface area contributed by atoms with Gasteiger partial charge in [-0.25, -0.2) is 0 Å². The Morgan fingerprint density at radius 2 is 0.765 bits per heavy atom. The van der Waals surface area contributed by atoms with Gasteiger partial charge in [0.05, 0.1) is 6.61 Å². The van der Waals surface area contributed by atoms with Crippen LogP contribution in [0.2, 0.25) is 0 Å². The van der Waals surface area contributed by atoms with Gasteiger partial charge in [0.2, 0.25) is 0 Å². The number of ether oxygens (including phenoxy) is 2. The first-order valence-electron chi connectivity index (χ1n) is 22.4. The van der Waals surface area contributed by atoms with Gasteiger partial charge < -0.3 is 14.6 Å². The van der Waals surface area contributed by atoms with E-state index in [-0.39, 0.29) is 25.2 Å². The number of allylic oxidation sites excluding steroid dienone is 4.